The molecule has 1 atom stereocenters. The Hall–Kier alpha value is -0.580. The van der Waals surface area contributed by atoms with Gasteiger partial charge in [-0.2, -0.15) is 0 Å². The van der Waals surface area contributed by atoms with E-state index >= 15 is 0 Å². The summed E-state index contributed by atoms with van der Waals surface area (Å²) in [6.45, 7) is -0.137. The van der Waals surface area contributed by atoms with Crippen molar-refractivity contribution < 1.29 is 10.2 Å². The third kappa shape index (κ3) is 1.77. The summed E-state index contributed by atoms with van der Waals surface area (Å²) in [5.74, 6) is 0.136. The fourth-order valence-corrected chi connectivity index (χ4v) is 1.48. The van der Waals surface area contributed by atoms with Crippen molar-refractivity contribution in [3.8, 4) is 5.75 Å². The summed E-state index contributed by atoms with van der Waals surface area (Å²) in [7, 11) is 0. The van der Waals surface area contributed by atoms with Crippen LogP contribution in [0.2, 0.25) is 0 Å². The largest absolute Gasteiger partial charge is 0.507 e. The molecule has 0 aliphatic rings. The second-order valence-electron chi connectivity index (χ2n) is 2.47. The number of aliphatic hydroxyl groups is 1. The van der Waals surface area contributed by atoms with Gasteiger partial charge in [0.25, 0.3) is 0 Å². The van der Waals surface area contributed by atoms with Gasteiger partial charge < -0.3 is 15.9 Å². The minimum atomic E-state index is -0.452. The monoisotopic (exact) mass is 231 g/mol. The van der Waals surface area contributed by atoms with Crippen molar-refractivity contribution in [2.24, 2.45) is 5.73 Å². The predicted octanol–water partition coefficient (Wildman–Crippen LogP) is 1.15. The van der Waals surface area contributed by atoms with E-state index in [0.29, 0.717) is 10.0 Å². The molecule has 4 N–H and O–H groups in total. The smallest absolute Gasteiger partial charge is 0.130 e. The number of benzene rings is 1. The Kier molecular flexibility index (Phi) is 3.08. The van der Waals surface area contributed by atoms with Gasteiger partial charge in [-0.05, 0) is 27.6 Å². The Morgan fingerprint density at radius 1 is 1.50 bits per heavy atom. The number of hydrogen-bond acceptors (Lipinski definition) is 3. The highest BCUT2D eigenvalue weighted by Crippen LogP contribution is 2.30. The third-order valence-electron chi connectivity index (χ3n) is 1.60. The number of phenolic OH excluding ortho intramolecular Hbond substituents is 1. The molecule has 0 saturated heterocycles. The molecule has 0 bridgehead atoms. The van der Waals surface area contributed by atoms with E-state index in [1.54, 1.807) is 18.2 Å². The van der Waals surface area contributed by atoms with Crippen molar-refractivity contribution in [2.75, 3.05) is 6.61 Å². The number of rotatable bonds is 2. The number of aliphatic hydroxyl groups excluding tert-OH is 1. The van der Waals surface area contributed by atoms with Crippen LogP contribution in [-0.4, -0.2) is 16.8 Å². The average Bonchev–Trinajstić information content (AvgIpc) is 2.08. The van der Waals surface area contributed by atoms with Crippen molar-refractivity contribution in [1.29, 1.82) is 0 Å². The SMILES string of the molecule is N[C@@H](CO)c1cccc(O)c1Br. The molecule has 1 rings (SSSR count). The van der Waals surface area contributed by atoms with Gasteiger partial charge >= 0.3 is 0 Å². The highest BCUT2D eigenvalue weighted by atomic mass is 79.9. The number of phenols is 1. The molecule has 1 aromatic carbocycles. The summed E-state index contributed by atoms with van der Waals surface area (Å²) in [5.41, 5.74) is 6.28. The number of aromatic hydroxyl groups is 1. The van der Waals surface area contributed by atoms with E-state index in [4.69, 9.17) is 10.8 Å². The van der Waals surface area contributed by atoms with Crippen molar-refractivity contribution in [2.45, 2.75) is 6.04 Å². The maximum atomic E-state index is 9.26. The zero-order valence-electron chi connectivity index (χ0n) is 6.37. The van der Waals surface area contributed by atoms with Gasteiger partial charge in [-0.1, -0.05) is 12.1 Å². The Morgan fingerprint density at radius 2 is 2.17 bits per heavy atom. The summed E-state index contributed by atoms with van der Waals surface area (Å²) in [6, 6.07) is 4.54. The first-order valence-corrected chi connectivity index (χ1v) is 4.30. The molecule has 12 heavy (non-hydrogen) atoms. The van der Waals surface area contributed by atoms with Crippen molar-refractivity contribution in [3.63, 3.8) is 0 Å². The van der Waals surface area contributed by atoms with Crippen LogP contribution in [-0.2, 0) is 0 Å². The minimum absolute atomic E-state index is 0.136. The van der Waals surface area contributed by atoms with Gasteiger partial charge in [0.1, 0.15) is 5.75 Å². The quantitative estimate of drug-likeness (QED) is 0.716. The lowest BCUT2D eigenvalue weighted by atomic mass is 10.1. The van der Waals surface area contributed by atoms with Crippen molar-refractivity contribution in [3.05, 3.63) is 28.2 Å². The first-order chi connectivity index (χ1) is 5.66. The lowest BCUT2D eigenvalue weighted by Crippen LogP contribution is -2.14. The van der Waals surface area contributed by atoms with Crippen LogP contribution in [0.4, 0.5) is 0 Å². The van der Waals surface area contributed by atoms with Crippen LogP contribution in [0, 0.1) is 0 Å². The van der Waals surface area contributed by atoms with E-state index in [-0.39, 0.29) is 12.4 Å². The first kappa shape index (κ1) is 9.51. The molecule has 1 aromatic rings. The standard InChI is InChI=1S/C8H10BrNO2/c9-8-5(6(10)4-11)2-1-3-7(8)12/h1-3,6,11-12H,4,10H2/t6-/m0/s1. The molecule has 0 aromatic heterocycles. The molecule has 0 amide bonds. The second-order valence-corrected chi connectivity index (χ2v) is 3.26. The van der Waals surface area contributed by atoms with Crippen LogP contribution in [0.25, 0.3) is 0 Å². The van der Waals surface area contributed by atoms with E-state index < -0.39 is 6.04 Å². The summed E-state index contributed by atoms with van der Waals surface area (Å²) < 4.78 is 0.548. The van der Waals surface area contributed by atoms with Crippen LogP contribution in [0.15, 0.2) is 22.7 Å². The Bertz CT molecular complexity index is 278. The Morgan fingerprint density at radius 3 is 2.75 bits per heavy atom. The molecule has 0 spiro atoms. The topological polar surface area (TPSA) is 66.5 Å². The first-order valence-electron chi connectivity index (χ1n) is 3.50. The van der Waals surface area contributed by atoms with E-state index in [0.717, 1.165) is 0 Å². The van der Waals surface area contributed by atoms with Crippen molar-refractivity contribution in [1.82, 2.24) is 0 Å². The molecular weight excluding hydrogens is 222 g/mol. The van der Waals surface area contributed by atoms with Gasteiger partial charge in [-0.15, -0.1) is 0 Å². The Balaban J connectivity index is 3.07. The Labute approximate surface area is 79.0 Å². The van der Waals surface area contributed by atoms with Crippen LogP contribution in [0.3, 0.4) is 0 Å². The molecule has 0 aliphatic carbocycles. The molecule has 0 radical (unpaired) electrons. The maximum absolute atomic E-state index is 9.26. The molecule has 3 nitrogen and oxygen atoms in total. The number of nitrogens with two attached hydrogens (primary N) is 1. The van der Waals surface area contributed by atoms with E-state index in [1.165, 1.54) is 0 Å². The second kappa shape index (κ2) is 3.89. The van der Waals surface area contributed by atoms with Gasteiger partial charge in [0.15, 0.2) is 0 Å². The summed E-state index contributed by atoms with van der Waals surface area (Å²) >= 11 is 3.18. The average molecular weight is 232 g/mol. The van der Waals surface area contributed by atoms with Gasteiger partial charge in [0.2, 0.25) is 0 Å². The molecule has 0 fully saturated rings. The summed E-state index contributed by atoms with van der Waals surface area (Å²) in [4.78, 5) is 0. The van der Waals surface area contributed by atoms with Crippen LogP contribution in [0.1, 0.15) is 11.6 Å². The lowest BCUT2D eigenvalue weighted by molar-refractivity contribution is 0.267. The molecule has 66 valence electrons. The molecule has 0 saturated carbocycles. The highest BCUT2D eigenvalue weighted by molar-refractivity contribution is 9.10. The minimum Gasteiger partial charge on any atom is -0.507 e. The normalized spacial score (nSPS) is 12.9. The predicted molar refractivity (Wildman–Crippen MR) is 49.8 cm³/mol. The van der Waals surface area contributed by atoms with E-state index in [9.17, 15) is 5.11 Å². The van der Waals surface area contributed by atoms with Crippen LogP contribution >= 0.6 is 15.9 Å². The number of hydrogen-bond donors (Lipinski definition) is 3. The van der Waals surface area contributed by atoms with Crippen molar-refractivity contribution >= 4 is 15.9 Å². The highest BCUT2D eigenvalue weighted by Gasteiger charge is 2.10. The molecule has 4 heteroatoms. The van der Waals surface area contributed by atoms with Crippen LogP contribution in [0.5, 0.6) is 5.75 Å². The zero-order valence-corrected chi connectivity index (χ0v) is 7.95. The fourth-order valence-electron chi connectivity index (χ4n) is 0.922. The summed E-state index contributed by atoms with van der Waals surface area (Å²) in [6.07, 6.45) is 0. The summed E-state index contributed by atoms with van der Waals surface area (Å²) in [5, 5.41) is 18.0. The third-order valence-corrected chi connectivity index (χ3v) is 2.47. The molecule has 0 heterocycles. The zero-order chi connectivity index (χ0) is 9.14. The maximum Gasteiger partial charge on any atom is 0.130 e. The van der Waals surface area contributed by atoms with E-state index in [2.05, 4.69) is 15.9 Å². The number of halogens is 1. The van der Waals surface area contributed by atoms with E-state index in [1.807, 2.05) is 0 Å². The van der Waals surface area contributed by atoms with Gasteiger partial charge in [-0.25, -0.2) is 0 Å². The van der Waals surface area contributed by atoms with Gasteiger partial charge in [0.05, 0.1) is 17.1 Å². The van der Waals surface area contributed by atoms with Crippen LogP contribution < -0.4 is 5.73 Å². The molecule has 0 unspecified atom stereocenters. The fraction of sp³-hybridized carbons (Fsp3) is 0.250. The molecule has 0 aliphatic heterocycles. The molecular formula is C8H10BrNO2. The lowest BCUT2D eigenvalue weighted by Gasteiger charge is -2.11. The van der Waals surface area contributed by atoms with Gasteiger partial charge in [0, 0.05) is 0 Å². The van der Waals surface area contributed by atoms with Gasteiger partial charge in [-0.3, -0.25) is 0 Å².